The SMILES string of the molecule is C[C@@H](c1cc(F)c(NC(=O)[C@@H](NC(=O)OC(C)(C)C)C(C2CC2)C2CC2)cc1CN(C)C)C(O)NCC(F)(F)F. The number of rotatable bonds is 12. The molecule has 1 aromatic rings. The van der Waals surface area contributed by atoms with Gasteiger partial charge in [-0.05, 0) is 102 Å². The van der Waals surface area contributed by atoms with Crippen molar-refractivity contribution >= 4 is 17.7 Å². The molecule has 0 aliphatic heterocycles. The zero-order chi connectivity index (χ0) is 30.0. The van der Waals surface area contributed by atoms with Crippen LogP contribution in [-0.4, -0.2) is 66.7 Å². The molecule has 226 valence electrons. The zero-order valence-electron chi connectivity index (χ0n) is 24.0. The van der Waals surface area contributed by atoms with E-state index in [1.54, 1.807) is 39.8 Å². The summed E-state index contributed by atoms with van der Waals surface area (Å²) >= 11 is 0. The molecule has 3 atom stereocenters. The average molecular weight is 575 g/mol. The molecule has 3 rings (SSSR count). The standard InChI is InChI=1S/C28H42F4N4O4/c1-15(24(37)33-14-28(30,31)32)19-12-20(29)21(11-18(19)13-36(5)6)34-25(38)23(35-26(39)40-27(2,3)4)22(16-7-8-16)17-9-10-17/h11-12,15-17,22-24,33,37H,7-10,13-14H2,1-6H3,(H,34,38)(H,35,39)/t15-,23-,24?/m0/s1. The number of benzene rings is 1. The smallest absolute Gasteiger partial charge is 0.408 e. The summed E-state index contributed by atoms with van der Waals surface area (Å²) < 4.78 is 58.7. The first-order valence-electron chi connectivity index (χ1n) is 13.7. The van der Waals surface area contributed by atoms with Crippen LogP contribution in [0.1, 0.15) is 70.4 Å². The van der Waals surface area contributed by atoms with Gasteiger partial charge in [0, 0.05) is 12.5 Å². The highest BCUT2D eigenvalue weighted by molar-refractivity contribution is 5.97. The third-order valence-electron chi connectivity index (χ3n) is 7.12. The van der Waals surface area contributed by atoms with Gasteiger partial charge < -0.3 is 25.4 Å². The lowest BCUT2D eigenvalue weighted by Gasteiger charge is -2.29. The van der Waals surface area contributed by atoms with Crippen molar-refractivity contribution in [1.82, 2.24) is 15.5 Å². The third-order valence-corrected chi connectivity index (χ3v) is 7.12. The Balaban J connectivity index is 1.86. The van der Waals surface area contributed by atoms with Crippen molar-refractivity contribution in [3.63, 3.8) is 0 Å². The Morgan fingerprint density at radius 1 is 1.10 bits per heavy atom. The molecule has 1 aromatic carbocycles. The molecular formula is C28H42F4N4O4. The molecule has 0 spiro atoms. The van der Waals surface area contributed by atoms with E-state index in [0.29, 0.717) is 23.0 Å². The molecule has 0 aromatic heterocycles. The van der Waals surface area contributed by atoms with Gasteiger partial charge in [-0.1, -0.05) is 6.92 Å². The van der Waals surface area contributed by atoms with E-state index in [4.69, 9.17) is 4.74 Å². The topological polar surface area (TPSA) is 103 Å². The number of ether oxygens (including phenoxy) is 1. The van der Waals surface area contributed by atoms with Gasteiger partial charge in [0.1, 0.15) is 23.7 Å². The van der Waals surface area contributed by atoms with E-state index in [0.717, 1.165) is 31.7 Å². The minimum Gasteiger partial charge on any atom is -0.444 e. The molecule has 40 heavy (non-hydrogen) atoms. The van der Waals surface area contributed by atoms with Crippen molar-refractivity contribution in [2.45, 2.75) is 89.9 Å². The normalized spacial score (nSPS) is 18.4. The highest BCUT2D eigenvalue weighted by Crippen LogP contribution is 2.51. The minimum absolute atomic E-state index is 0.0917. The van der Waals surface area contributed by atoms with Crippen LogP contribution in [0.5, 0.6) is 0 Å². The number of carbonyl (C=O) groups excluding carboxylic acids is 2. The van der Waals surface area contributed by atoms with Crippen LogP contribution in [0.2, 0.25) is 0 Å². The molecule has 4 N–H and O–H groups in total. The maximum Gasteiger partial charge on any atom is 0.408 e. The zero-order valence-corrected chi connectivity index (χ0v) is 24.0. The number of alkyl carbamates (subject to hydrolysis) is 1. The fourth-order valence-electron chi connectivity index (χ4n) is 5.07. The van der Waals surface area contributed by atoms with Crippen molar-refractivity contribution in [2.24, 2.45) is 17.8 Å². The summed E-state index contributed by atoms with van der Waals surface area (Å²) in [7, 11) is 3.54. The van der Waals surface area contributed by atoms with Crippen molar-refractivity contribution < 1.29 is 37.0 Å². The molecule has 2 aliphatic rings. The Labute approximate surface area is 233 Å². The van der Waals surface area contributed by atoms with Crippen LogP contribution in [-0.2, 0) is 16.1 Å². The van der Waals surface area contributed by atoms with Gasteiger partial charge in [0.2, 0.25) is 5.91 Å². The van der Waals surface area contributed by atoms with Crippen LogP contribution < -0.4 is 16.0 Å². The number of aliphatic hydroxyl groups excluding tert-OH is 1. The minimum atomic E-state index is -4.52. The molecule has 2 saturated carbocycles. The molecule has 1 unspecified atom stereocenters. The summed E-state index contributed by atoms with van der Waals surface area (Å²) in [6.07, 6.45) is -2.99. The number of amides is 2. The van der Waals surface area contributed by atoms with Crippen LogP contribution in [0, 0.1) is 23.6 Å². The lowest BCUT2D eigenvalue weighted by Crippen LogP contribution is -2.51. The lowest BCUT2D eigenvalue weighted by atomic mass is 9.88. The first-order chi connectivity index (χ1) is 18.4. The molecule has 0 radical (unpaired) electrons. The number of alkyl halides is 3. The maximum absolute atomic E-state index is 15.4. The second-order valence-electron chi connectivity index (χ2n) is 12.4. The third kappa shape index (κ3) is 9.59. The van der Waals surface area contributed by atoms with E-state index in [9.17, 15) is 27.9 Å². The second-order valence-corrected chi connectivity index (χ2v) is 12.4. The van der Waals surface area contributed by atoms with Crippen LogP contribution in [0.25, 0.3) is 0 Å². The quantitative estimate of drug-likeness (QED) is 0.213. The van der Waals surface area contributed by atoms with Gasteiger partial charge in [0.05, 0.1) is 12.2 Å². The molecule has 8 nitrogen and oxygen atoms in total. The van der Waals surface area contributed by atoms with Gasteiger partial charge in [-0.25, -0.2) is 9.18 Å². The van der Waals surface area contributed by atoms with Crippen molar-refractivity contribution in [3.05, 3.63) is 29.1 Å². The van der Waals surface area contributed by atoms with Gasteiger partial charge in [-0.15, -0.1) is 0 Å². The van der Waals surface area contributed by atoms with E-state index in [2.05, 4.69) is 10.6 Å². The van der Waals surface area contributed by atoms with Crippen LogP contribution in [0.15, 0.2) is 12.1 Å². The first-order valence-corrected chi connectivity index (χ1v) is 13.7. The number of hydrogen-bond acceptors (Lipinski definition) is 6. The largest absolute Gasteiger partial charge is 0.444 e. The van der Waals surface area contributed by atoms with Gasteiger partial charge in [-0.2, -0.15) is 13.2 Å². The number of hydrogen-bond donors (Lipinski definition) is 4. The average Bonchev–Trinajstić information content (AvgIpc) is 3.71. The molecule has 0 saturated heterocycles. The monoisotopic (exact) mass is 574 g/mol. The van der Waals surface area contributed by atoms with E-state index in [-0.39, 0.29) is 18.2 Å². The Hall–Kier alpha value is -2.44. The molecular weight excluding hydrogens is 532 g/mol. The molecule has 12 heteroatoms. The molecule has 2 aliphatic carbocycles. The summed E-state index contributed by atoms with van der Waals surface area (Å²) in [5, 5.41) is 17.8. The summed E-state index contributed by atoms with van der Waals surface area (Å²) in [4.78, 5) is 28.0. The highest BCUT2D eigenvalue weighted by Gasteiger charge is 2.48. The summed E-state index contributed by atoms with van der Waals surface area (Å²) in [5.41, 5.74) is -0.0425. The Morgan fingerprint density at radius 3 is 2.15 bits per heavy atom. The van der Waals surface area contributed by atoms with E-state index < -0.39 is 54.3 Å². The number of nitrogens with one attached hydrogen (secondary N) is 3. The van der Waals surface area contributed by atoms with Crippen LogP contribution in [0.3, 0.4) is 0 Å². The summed E-state index contributed by atoms with van der Waals surface area (Å²) in [6, 6.07) is 1.65. The summed E-state index contributed by atoms with van der Waals surface area (Å²) in [5.74, 6) is -1.75. The number of halogens is 4. The predicted octanol–water partition coefficient (Wildman–Crippen LogP) is 4.73. The van der Waals surface area contributed by atoms with Gasteiger partial charge >= 0.3 is 12.3 Å². The Morgan fingerprint density at radius 2 is 1.68 bits per heavy atom. The van der Waals surface area contributed by atoms with Crippen molar-refractivity contribution in [2.75, 3.05) is 26.0 Å². The molecule has 2 fully saturated rings. The van der Waals surface area contributed by atoms with Gasteiger partial charge in [0.15, 0.2) is 0 Å². The highest BCUT2D eigenvalue weighted by atomic mass is 19.4. The second kappa shape index (κ2) is 12.6. The fourth-order valence-corrected chi connectivity index (χ4v) is 5.07. The molecule has 2 amide bonds. The van der Waals surface area contributed by atoms with Crippen LogP contribution in [0.4, 0.5) is 28.0 Å². The lowest BCUT2D eigenvalue weighted by molar-refractivity contribution is -0.131. The number of anilines is 1. The predicted molar refractivity (Wildman–Crippen MR) is 143 cm³/mol. The van der Waals surface area contributed by atoms with Crippen LogP contribution >= 0.6 is 0 Å². The molecule has 0 bridgehead atoms. The van der Waals surface area contributed by atoms with E-state index in [1.165, 1.54) is 13.0 Å². The molecule has 0 heterocycles. The number of nitrogens with zero attached hydrogens (tertiary/aromatic N) is 1. The Kier molecular flexibility index (Phi) is 10.1. The maximum atomic E-state index is 15.4. The van der Waals surface area contributed by atoms with E-state index >= 15 is 4.39 Å². The van der Waals surface area contributed by atoms with Crippen molar-refractivity contribution in [1.29, 1.82) is 0 Å². The number of carbonyl (C=O) groups is 2. The summed E-state index contributed by atoms with van der Waals surface area (Å²) in [6.45, 7) is 5.55. The number of aliphatic hydroxyl groups is 1. The van der Waals surface area contributed by atoms with E-state index in [1.807, 2.05) is 5.32 Å². The van der Waals surface area contributed by atoms with Crippen molar-refractivity contribution in [3.8, 4) is 0 Å². The fraction of sp³-hybridized carbons (Fsp3) is 0.714. The Bertz CT molecular complexity index is 1040. The first kappa shape index (κ1) is 32.1. The van der Waals surface area contributed by atoms with Gasteiger partial charge in [-0.3, -0.25) is 10.1 Å². The van der Waals surface area contributed by atoms with Gasteiger partial charge in [0.25, 0.3) is 0 Å².